The van der Waals surface area contributed by atoms with Gasteiger partial charge in [-0.25, -0.2) is 9.37 Å². The van der Waals surface area contributed by atoms with Gasteiger partial charge in [-0.2, -0.15) is 5.10 Å². The number of piperidine rings is 1. The van der Waals surface area contributed by atoms with E-state index in [9.17, 15) is 9.18 Å². The summed E-state index contributed by atoms with van der Waals surface area (Å²) < 4.78 is 20.0. The lowest BCUT2D eigenvalue weighted by atomic mass is 9.98. The molecule has 0 saturated carbocycles. The molecule has 0 spiro atoms. The number of halogens is 1. The Labute approximate surface area is 140 Å². The number of nitrogens with zero attached hydrogens (tertiary/aromatic N) is 3. The minimum Gasteiger partial charge on any atom is -0.492 e. The van der Waals surface area contributed by atoms with Crippen molar-refractivity contribution in [2.24, 2.45) is 5.92 Å². The number of aromatic amines is 1. The van der Waals surface area contributed by atoms with Crippen LogP contribution in [0.5, 0.6) is 5.75 Å². The van der Waals surface area contributed by atoms with Gasteiger partial charge in [0.2, 0.25) is 5.91 Å². The zero-order valence-corrected chi connectivity index (χ0v) is 13.9. The molecule has 2 aromatic rings. The van der Waals surface area contributed by atoms with E-state index in [-0.39, 0.29) is 11.6 Å². The quantitative estimate of drug-likeness (QED) is 0.934. The first-order valence-electron chi connectivity index (χ1n) is 8.09. The summed E-state index contributed by atoms with van der Waals surface area (Å²) in [6.45, 7) is 5.46. The fraction of sp³-hybridized carbons (Fsp3) is 0.471. The van der Waals surface area contributed by atoms with Crippen molar-refractivity contribution < 1.29 is 13.9 Å². The number of aryl methyl sites for hydroxylation is 1. The van der Waals surface area contributed by atoms with E-state index in [2.05, 4.69) is 15.2 Å². The Kier molecular flexibility index (Phi) is 4.78. The van der Waals surface area contributed by atoms with Crippen LogP contribution in [0.3, 0.4) is 0 Å². The number of likely N-dealkylation sites (tertiary alicyclic amines) is 1. The van der Waals surface area contributed by atoms with Crippen LogP contribution in [0.25, 0.3) is 11.4 Å². The number of carbonyl (C=O) groups is 1. The molecule has 1 aliphatic heterocycles. The highest BCUT2D eigenvalue weighted by molar-refractivity contribution is 5.73. The molecule has 0 atom stereocenters. The monoisotopic (exact) mass is 332 g/mol. The number of pyridine rings is 1. The average Bonchev–Trinajstić information content (AvgIpc) is 2.99. The lowest BCUT2D eigenvalue weighted by Crippen LogP contribution is -2.38. The molecule has 2 aromatic heterocycles. The highest BCUT2D eigenvalue weighted by atomic mass is 19.1. The molecule has 0 radical (unpaired) electrons. The number of carbonyl (C=O) groups excluding carboxylic acids is 1. The molecule has 1 amide bonds. The molecule has 128 valence electrons. The van der Waals surface area contributed by atoms with Crippen molar-refractivity contribution >= 4 is 5.91 Å². The topological polar surface area (TPSA) is 71.1 Å². The van der Waals surface area contributed by atoms with E-state index in [4.69, 9.17) is 4.74 Å². The molecule has 3 heterocycles. The van der Waals surface area contributed by atoms with Crippen LogP contribution in [0, 0.1) is 18.7 Å². The molecule has 0 unspecified atom stereocenters. The van der Waals surface area contributed by atoms with Crippen molar-refractivity contribution in [2.75, 3.05) is 19.7 Å². The third kappa shape index (κ3) is 3.55. The van der Waals surface area contributed by atoms with Gasteiger partial charge in [0.25, 0.3) is 0 Å². The molecule has 24 heavy (non-hydrogen) atoms. The number of nitrogens with one attached hydrogen (secondary N) is 1. The lowest BCUT2D eigenvalue weighted by Gasteiger charge is -2.31. The van der Waals surface area contributed by atoms with E-state index in [1.54, 1.807) is 13.1 Å². The third-order valence-electron chi connectivity index (χ3n) is 4.43. The number of rotatable bonds is 4. The fourth-order valence-corrected chi connectivity index (χ4v) is 2.90. The summed E-state index contributed by atoms with van der Waals surface area (Å²) in [5.74, 6) is 0.470. The van der Waals surface area contributed by atoms with Crippen LogP contribution in [0.2, 0.25) is 0 Å². The Bertz CT molecular complexity index is 723. The number of hydrogen-bond acceptors (Lipinski definition) is 4. The van der Waals surface area contributed by atoms with Crippen molar-refractivity contribution in [1.82, 2.24) is 20.1 Å². The van der Waals surface area contributed by atoms with Gasteiger partial charge < -0.3 is 9.64 Å². The first-order chi connectivity index (χ1) is 11.5. The predicted molar refractivity (Wildman–Crippen MR) is 87.0 cm³/mol. The van der Waals surface area contributed by atoms with Gasteiger partial charge in [0, 0.05) is 26.1 Å². The van der Waals surface area contributed by atoms with Crippen LogP contribution in [-0.4, -0.2) is 45.7 Å². The van der Waals surface area contributed by atoms with E-state index in [0.717, 1.165) is 31.5 Å². The summed E-state index contributed by atoms with van der Waals surface area (Å²) in [4.78, 5) is 17.3. The fourth-order valence-electron chi connectivity index (χ4n) is 2.90. The smallest absolute Gasteiger partial charge is 0.219 e. The second-order valence-electron chi connectivity index (χ2n) is 6.19. The number of aromatic nitrogens is 3. The van der Waals surface area contributed by atoms with Crippen molar-refractivity contribution in [3.05, 3.63) is 29.8 Å². The summed E-state index contributed by atoms with van der Waals surface area (Å²) in [5, 5.41) is 6.64. The van der Waals surface area contributed by atoms with Crippen LogP contribution >= 0.6 is 0 Å². The molecule has 1 saturated heterocycles. The van der Waals surface area contributed by atoms with Gasteiger partial charge in [0.05, 0.1) is 24.7 Å². The van der Waals surface area contributed by atoms with E-state index in [1.807, 2.05) is 11.8 Å². The number of amides is 1. The standard InChI is InChI=1S/C17H21FN4O2/c1-11-8-20-21-16(11)17-15(18)7-14(9-19-17)24-10-13-3-5-22(6-4-13)12(2)23/h7-9,13H,3-6,10H2,1-2H3,(H,20,21). The highest BCUT2D eigenvalue weighted by Gasteiger charge is 2.21. The average molecular weight is 332 g/mol. The van der Waals surface area contributed by atoms with Gasteiger partial charge in [0.1, 0.15) is 11.4 Å². The van der Waals surface area contributed by atoms with Crippen molar-refractivity contribution in [3.8, 4) is 17.1 Å². The zero-order valence-electron chi connectivity index (χ0n) is 13.9. The molecular weight excluding hydrogens is 311 g/mol. The van der Waals surface area contributed by atoms with Gasteiger partial charge in [0.15, 0.2) is 5.82 Å². The van der Waals surface area contributed by atoms with Crippen molar-refractivity contribution in [1.29, 1.82) is 0 Å². The molecule has 0 bridgehead atoms. The Hall–Kier alpha value is -2.44. The number of ether oxygens (including phenoxy) is 1. The van der Waals surface area contributed by atoms with Gasteiger partial charge in [-0.3, -0.25) is 9.89 Å². The van der Waals surface area contributed by atoms with Gasteiger partial charge in [-0.05, 0) is 31.2 Å². The number of hydrogen-bond donors (Lipinski definition) is 1. The Morgan fingerprint density at radius 2 is 2.17 bits per heavy atom. The Balaban J connectivity index is 1.58. The molecule has 7 heteroatoms. The first kappa shape index (κ1) is 16.4. The molecule has 1 N–H and O–H groups in total. The van der Waals surface area contributed by atoms with Gasteiger partial charge in [-0.15, -0.1) is 0 Å². The molecule has 1 aliphatic rings. The normalized spacial score (nSPS) is 15.5. The summed E-state index contributed by atoms with van der Waals surface area (Å²) in [5.41, 5.74) is 1.66. The van der Waals surface area contributed by atoms with Crippen LogP contribution in [0.15, 0.2) is 18.5 Å². The maximum atomic E-state index is 14.3. The van der Waals surface area contributed by atoms with E-state index < -0.39 is 5.82 Å². The van der Waals surface area contributed by atoms with Crippen LogP contribution in [-0.2, 0) is 4.79 Å². The minimum atomic E-state index is -0.439. The van der Waals surface area contributed by atoms with E-state index in [1.165, 1.54) is 12.3 Å². The van der Waals surface area contributed by atoms with E-state index in [0.29, 0.717) is 24.0 Å². The second kappa shape index (κ2) is 6.98. The summed E-state index contributed by atoms with van der Waals surface area (Å²) in [7, 11) is 0. The maximum absolute atomic E-state index is 14.3. The van der Waals surface area contributed by atoms with Crippen LogP contribution < -0.4 is 4.74 Å². The first-order valence-corrected chi connectivity index (χ1v) is 8.09. The molecule has 0 aromatic carbocycles. The molecule has 3 rings (SSSR count). The minimum absolute atomic E-state index is 0.116. The summed E-state index contributed by atoms with van der Waals surface area (Å²) in [6.07, 6.45) is 4.97. The van der Waals surface area contributed by atoms with Crippen molar-refractivity contribution in [3.63, 3.8) is 0 Å². The van der Waals surface area contributed by atoms with E-state index >= 15 is 0 Å². The molecule has 0 aliphatic carbocycles. The Morgan fingerprint density at radius 3 is 2.75 bits per heavy atom. The highest BCUT2D eigenvalue weighted by Crippen LogP contribution is 2.25. The molecule has 6 nitrogen and oxygen atoms in total. The van der Waals surface area contributed by atoms with Crippen LogP contribution in [0.1, 0.15) is 25.3 Å². The predicted octanol–water partition coefficient (Wildman–Crippen LogP) is 2.56. The molecular formula is C17H21FN4O2. The second-order valence-corrected chi connectivity index (χ2v) is 6.19. The third-order valence-corrected chi connectivity index (χ3v) is 4.43. The lowest BCUT2D eigenvalue weighted by molar-refractivity contribution is -0.130. The van der Waals surface area contributed by atoms with Gasteiger partial charge >= 0.3 is 0 Å². The zero-order chi connectivity index (χ0) is 17.1. The SMILES string of the molecule is CC(=O)N1CCC(COc2cnc(-c3[nH]ncc3C)c(F)c2)CC1. The summed E-state index contributed by atoms with van der Waals surface area (Å²) >= 11 is 0. The van der Waals surface area contributed by atoms with Crippen LogP contribution in [0.4, 0.5) is 4.39 Å². The summed E-state index contributed by atoms with van der Waals surface area (Å²) in [6, 6.07) is 1.35. The maximum Gasteiger partial charge on any atom is 0.219 e. The largest absolute Gasteiger partial charge is 0.492 e. The Morgan fingerprint density at radius 1 is 1.42 bits per heavy atom. The number of H-pyrrole nitrogens is 1. The van der Waals surface area contributed by atoms with Crippen molar-refractivity contribution in [2.45, 2.75) is 26.7 Å². The van der Waals surface area contributed by atoms with Gasteiger partial charge in [-0.1, -0.05) is 0 Å². The molecule has 1 fully saturated rings.